The Morgan fingerprint density at radius 3 is 2.26 bits per heavy atom. The van der Waals surface area contributed by atoms with E-state index in [4.69, 9.17) is 5.73 Å². The number of nitrogens with two attached hydrogens (primary N) is 1. The van der Waals surface area contributed by atoms with Crippen LogP contribution in [0.25, 0.3) is 0 Å². The van der Waals surface area contributed by atoms with Crippen LogP contribution in [-0.4, -0.2) is 9.55 Å². The number of hydrogen-bond acceptors (Lipinski definition) is 2. The van der Waals surface area contributed by atoms with Gasteiger partial charge in [-0.2, -0.15) is 0 Å². The first-order valence-corrected chi connectivity index (χ1v) is 8.09. The molecule has 2 N–H and O–H groups in total. The normalized spacial score (nSPS) is 11.1. The lowest BCUT2D eigenvalue weighted by molar-refractivity contribution is 0.587. The van der Waals surface area contributed by atoms with Gasteiger partial charge in [-0.1, -0.05) is 58.8 Å². The Balaban J connectivity index is 2.17. The van der Waals surface area contributed by atoms with Crippen molar-refractivity contribution < 1.29 is 0 Å². The topological polar surface area (TPSA) is 43.8 Å². The number of hydrogen-bond donors (Lipinski definition) is 1. The molecule has 0 aromatic carbocycles. The number of aryl methyl sites for hydroxylation is 2. The van der Waals surface area contributed by atoms with Gasteiger partial charge in [-0.3, -0.25) is 0 Å². The van der Waals surface area contributed by atoms with Crippen molar-refractivity contribution in [2.75, 3.05) is 5.73 Å². The molecule has 1 aromatic heterocycles. The van der Waals surface area contributed by atoms with Crippen LogP contribution in [0.5, 0.6) is 0 Å². The maximum absolute atomic E-state index is 6.13. The zero-order chi connectivity index (χ0) is 13.9. The van der Waals surface area contributed by atoms with Gasteiger partial charge in [0.05, 0.1) is 12.0 Å². The van der Waals surface area contributed by atoms with Crippen molar-refractivity contribution in [3.8, 4) is 0 Å². The third-order valence-electron chi connectivity index (χ3n) is 3.73. The summed E-state index contributed by atoms with van der Waals surface area (Å²) in [6.07, 6.45) is 14.7. The molecule has 0 spiro atoms. The summed E-state index contributed by atoms with van der Waals surface area (Å²) in [5, 5.41) is 0. The lowest BCUT2D eigenvalue weighted by atomic mass is 10.1. The molecule has 0 bridgehead atoms. The average molecular weight is 265 g/mol. The SMILES string of the molecule is CCCCCCCCCc1ncn(CCCC)c1N. The van der Waals surface area contributed by atoms with Crippen molar-refractivity contribution in [1.29, 1.82) is 0 Å². The zero-order valence-corrected chi connectivity index (χ0v) is 12.8. The van der Waals surface area contributed by atoms with Gasteiger partial charge in [0.25, 0.3) is 0 Å². The molecule has 0 aliphatic carbocycles. The molecule has 3 heteroatoms. The summed E-state index contributed by atoms with van der Waals surface area (Å²) >= 11 is 0. The van der Waals surface area contributed by atoms with Crippen LogP contribution in [-0.2, 0) is 13.0 Å². The van der Waals surface area contributed by atoms with Crippen LogP contribution in [0.3, 0.4) is 0 Å². The van der Waals surface area contributed by atoms with Gasteiger partial charge >= 0.3 is 0 Å². The van der Waals surface area contributed by atoms with Crippen molar-refractivity contribution in [2.45, 2.75) is 84.6 Å². The fourth-order valence-electron chi connectivity index (χ4n) is 2.38. The predicted molar refractivity (Wildman–Crippen MR) is 83.2 cm³/mol. The molecule has 0 atom stereocenters. The van der Waals surface area contributed by atoms with Gasteiger partial charge in [-0.15, -0.1) is 0 Å². The average Bonchev–Trinajstić information content (AvgIpc) is 2.76. The van der Waals surface area contributed by atoms with Crippen LogP contribution in [0.15, 0.2) is 6.33 Å². The molecule has 0 aliphatic rings. The highest BCUT2D eigenvalue weighted by Gasteiger charge is 2.06. The first-order valence-electron chi connectivity index (χ1n) is 8.09. The second-order valence-corrected chi connectivity index (χ2v) is 5.49. The van der Waals surface area contributed by atoms with E-state index in [2.05, 4.69) is 23.4 Å². The number of rotatable bonds is 11. The molecule has 0 fully saturated rings. The summed E-state index contributed by atoms with van der Waals surface area (Å²) < 4.78 is 2.10. The summed E-state index contributed by atoms with van der Waals surface area (Å²) in [4.78, 5) is 4.45. The molecular weight excluding hydrogens is 234 g/mol. The van der Waals surface area contributed by atoms with Crippen LogP contribution in [0.2, 0.25) is 0 Å². The van der Waals surface area contributed by atoms with Gasteiger partial charge in [0.1, 0.15) is 5.82 Å². The minimum atomic E-state index is 0.888. The van der Waals surface area contributed by atoms with Crippen molar-refractivity contribution in [2.24, 2.45) is 0 Å². The number of nitrogen functional groups attached to an aromatic ring is 1. The third kappa shape index (κ3) is 6.13. The lowest BCUT2D eigenvalue weighted by Gasteiger charge is -2.04. The van der Waals surface area contributed by atoms with Gasteiger partial charge in [0, 0.05) is 6.54 Å². The van der Waals surface area contributed by atoms with E-state index in [1.165, 1.54) is 57.8 Å². The van der Waals surface area contributed by atoms with Crippen molar-refractivity contribution in [3.63, 3.8) is 0 Å². The lowest BCUT2D eigenvalue weighted by Crippen LogP contribution is -2.03. The van der Waals surface area contributed by atoms with E-state index in [9.17, 15) is 0 Å². The highest BCUT2D eigenvalue weighted by molar-refractivity contribution is 5.35. The summed E-state index contributed by atoms with van der Waals surface area (Å²) in [7, 11) is 0. The third-order valence-corrected chi connectivity index (χ3v) is 3.73. The first-order chi connectivity index (χ1) is 9.29. The fraction of sp³-hybridized carbons (Fsp3) is 0.812. The monoisotopic (exact) mass is 265 g/mol. The Morgan fingerprint density at radius 2 is 1.58 bits per heavy atom. The molecule has 1 rings (SSSR count). The minimum Gasteiger partial charge on any atom is -0.384 e. The van der Waals surface area contributed by atoms with E-state index in [0.717, 1.165) is 24.5 Å². The van der Waals surface area contributed by atoms with Gasteiger partial charge in [-0.25, -0.2) is 4.98 Å². The largest absolute Gasteiger partial charge is 0.384 e. The van der Waals surface area contributed by atoms with Crippen molar-refractivity contribution in [3.05, 3.63) is 12.0 Å². The Kier molecular flexibility index (Phi) is 8.35. The Bertz CT molecular complexity index is 331. The number of unbranched alkanes of at least 4 members (excludes halogenated alkanes) is 7. The molecular formula is C16H31N3. The highest BCUT2D eigenvalue weighted by atomic mass is 15.1. The molecule has 1 heterocycles. The maximum Gasteiger partial charge on any atom is 0.126 e. The molecule has 0 saturated carbocycles. The van der Waals surface area contributed by atoms with Crippen LogP contribution in [0.4, 0.5) is 5.82 Å². The Hall–Kier alpha value is -0.990. The van der Waals surface area contributed by atoms with Crippen LogP contribution < -0.4 is 5.73 Å². The predicted octanol–water partition coefficient (Wildman–Crippen LogP) is 4.56. The van der Waals surface area contributed by atoms with Gasteiger partial charge in [0.2, 0.25) is 0 Å². The van der Waals surface area contributed by atoms with E-state index >= 15 is 0 Å². The number of imidazole rings is 1. The second kappa shape index (κ2) is 9.88. The molecule has 0 aliphatic heterocycles. The molecule has 0 amide bonds. The highest BCUT2D eigenvalue weighted by Crippen LogP contribution is 2.15. The van der Waals surface area contributed by atoms with Crippen molar-refractivity contribution in [1.82, 2.24) is 9.55 Å². The van der Waals surface area contributed by atoms with E-state index < -0.39 is 0 Å². The van der Waals surface area contributed by atoms with Crippen molar-refractivity contribution >= 4 is 5.82 Å². The summed E-state index contributed by atoms with van der Waals surface area (Å²) in [6, 6.07) is 0. The number of aromatic nitrogens is 2. The second-order valence-electron chi connectivity index (χ2n) is 5.49. The summed E-state index contributed by atoms with van der Waals surface area (Å²) in [5.74, 6) is 0.888. The van der Waals surface area contributed by atoms with Crippen LogP contribution in [0, 0.1) is 0 Å². The first kappa shape index (κ1) is 16.1. The summed E-state index contributed by atoms with van der Waals surface area (Å²) in [6.45, 7) is 5.47. The number of anilines is 1. The Labute approximate surface area is 118 Å². The van der Waals surface area contributed by atoms with E-state index in [1.807, 2.05) is 6.33 Å². The van der Waals surface area contributed by atoms with Gasteiger partial charge < -0.3 is 10.3 Å². The van der Waals surface area contributed by atoms with Crippen LogP contribution in [0.1, 0.15) is 77.3 Å². The fourth-order valence-corrected chi connectivity index (χ4v) is 2.38. The minimum absolute atomic E-state index is 0.888. The van der Waals surface area contributed by atoms with E-state index in [0.29, 0.717) is 0 Å². The molecule has 0 unspecified atom stereocenters. The van der Waals surface area contributed by atoms with E-state index in [-0.39, 0.29) is 0 Å². The van der Waals surface area contributed by atoms with Crippen LogP contribution >= 0.6 is 0 Å². The molecule has 110 valence electrons. The zero-order valence-electron chi connectivity index (χ0n) is 12.8. The molecule has 0 saturated heterocycles. The maximum atomic E-state index is 6.13. The quantitative estimate of drug-likeness (QED) is 0.596. The summed E-state index contributed by atoms with van der Waals surface area (Å²) in [5.41, 5.74) is 7.23. The molecule has 19 heavy (non-hydrogen) atoms. The molecule has 3 nitrogen and oxygen atoms in total. The molecule has 0 radical (unpaired) electrons. The standard InChI is InChI=1S/C16H31N3/c1-3-5-7-8-9-10-11-12-15-16(17)19(14-18-15)13-6-4-2/h14H,3-13,17H2,1-2H3. The van der Waals surface area contributed by atoms with E-state index in [1.54, 1.807) is 0 Å². The van der Waals surface area contributed by atoms with Gasteiger partial charge in [0.15, 0.2) is 0 Å². The molecule has 1 aromatic rings. The van der Waals surface area contributed by atoms with Gasteiger partial charge in [-0.05, 0) is 19.3 Å². The number of nitrogens with zero attached hydrogens (tertiary/aromatic N) is 2. The smallest absolute Gasteiger partial charge is 0.126 e. The Morgan fingerprint density at radius 1 is 0.947 bits per heavy atom.